The highest BCUT2D eigenvalue weighted by Crippen LogP contribution is 2.23. The highest BCUT2D eigenvalue weighted by atomic mass is 32.2. The van der Waals surface area contributed by atoms with Gasteiger partial charge < -0.3 is 4.55 Å². The van der Waals surface area contributed by atoms with Crippen molar-refractivity contribution in [3.63, 3.8) is 0 Å². The topological polar surface area (TPSA) is 63.9 Å². The summed E-state index contributed by atoms with van der Waals surface area (Å²) < 4.78 is 21.2. The average molecular weight is 256 g/mol. The number of nitriles is 1. The van der Waals surface area contributed by atoms with Gasteiger partial charge in [-0.05, 0) is 22.8 Å². The van der Waals surface area contributed by atoms with E-state index in [0.29, 0.717) is 5.56 Å². The molecule has 0 saturated carbocycles. The summed E-state index contributed by atoms with van der Waals surface area (Å²) in [6, 6.07) is 16.7. The van der Waals surface area contributed by atoms with Crippen LogP contribution < -0.4 is 0 Å². The molecule has 0 amide bonds. The first-order valence-electron chi connectivity index (χ1n) is 5.35. The molecule has 2 aromatic carbocycles. The standard InChI is InChI=1S/C14H11NO2S/c15-9-13-3-1-2-4-14(13)12-7-5-11(6-8-12)10-18(16)17/h1-8H,10H2,(H,16,17)/p-1. The number of hydrogen-bond donors (Lipinski definition) is 0. The Morgan fingerprint density at radius 3 is 2.39 bits per heavy atom. The molecule has 0 saturated heterocycles. The molecule has 0 aromatic heterocycles. The molecule has 0 spiro atoms. The van der Waals surface area contributed by atoms with Crippen molar-refractivity contribution in [1.82, 2.24) is 0 Å². The fourth-order valence-corrected chi connectivity index (χ4v) is 2.21. The zero-order valence-electron chi connectivity index (χ0n) is 9.50. The third-order valence-corrected chi connectivity index (χ3v) is 3.17. The van der Waals surface area contributed by atoms with Crippen LogP contribution in [0.2, 0.25) is 0 Å². The average Bonchev–Trinajstić information content (AvgIpc) is 2.39. The zero-order valence-corrected chi connectivity index (χ0v) is 10.3. The van der Waals surface area contributed by atoms with Crippen molar-refractivity contribution in [2.75, 3.05) is 0 Å². The molecule has 0 heterocycles. The van der Waals surface area contributed by atoms with Crippen LogP contribution in [-0.4, -0.2) is 8.76 Å². The van der Waals surface area contributed by atoms with Gasteiger partial charge in [-0.2, -0.15) is 5.26 Å². The maximum atomic E-state index is 10.6. The summed E-state index contributed by atoms with van der Waals surface area (Å²) in [4.78, 5) is 0. The molecular weight excluding hydrogens is 246 g/mol. The molecule has 4 heteroatoms. The van der Waals surface area contributed by atoms with Crippen molar-refractivity contribution in [3.05, 3.63) is 59.7 Å². The predicted molar refractivity (Wildman–Crippen MR) is 69.2 cm³/mol. The van der Waals surface area contributed by atoms with Crippen LogP contribution in [0.3, 0.4) is 0 Å². The van der Waals surface area contributed by atoms with Gasteiger partial charge in [0.2, 0.25) is 0 Å². The molecule has 2 aromatic rings. The van der Waals surface area contributed by atoms with Crippen molar-refractivity contribution in [2.45, 2.75) is 5.75 Å². The van der Waals surface area contributed by atoms with Crippen molar-refractivity contribution in [3.8, 4) is 17.2 Å². The van der Waals surface area contributed by atoms with Crippen LogP contribution in [0, 0.1) is 11.3 Å². The van der Waals surface area contributed by atoms with Crippen LogP contribution in [0.4, 0.5) is 0 Å². The minimum absolute atomic E-state index is 0.0141. The first kappa shape index (κ1) is 12.5. The van der Waals surface area contributed by atoms with Gasteiger partial charge in [0.1, 0.15) is 0 Å². The lowest BCUT2D eigenvalue weighted by Crippen LogP contribution is -1.93. The van der Waals surface area contributed by atoms with E-state index in [1.165, 1.54) is 0 Å². The highest BCUT2D eigenvalue weighted by molar-refractivity contribution is 7.78. The Kier molecular flexibility index (Phi) is 3.88. The molecule has 1 unspecified atom stereocenters. The highest BCUT2D eigenvalue weighted by Gasteiger charge is 2.03. The second-order valence-corrected chi connectivity index (χ2v) is 4.70. The lowest BCUT2D eigenvalue weighted by molar-refractivity contribution is 0.536. The van der Waals surface area contributed by atoms with Gasteiger partial charge >= 0.3 is 0 Å². The van der Waals surface area contributed by atoms with Gasteiger partial charge in [-0.15, -0.1) is 0 Å². The number of rotatable bonds is 3. The second kappa shape index (κ2) is 5.58. The first-order chi connectivity index (χ1) is 8.70. The normalized spacial score (nSPS) is 11.8. The monoisotopic (exact) mass is 256 g/mol. The van der Waals surface area contributed by atoms with Crippen LogP contribution >= 0.6 is 0 Å². The largest absolute Gasteiger partial charge is 0.772 e. The number of hydrogen-bond acceptors (Lipinski definition) is 3. The summed E-state index contributed by atoms with van der Waals surface area (Å²) in [5.74, 6) is 0.0141. The SMILES string of the molecule is N#Cc1ccccc1-c1ccc(CS(=O)[O-])cc1. The van der Waals surface area contributed by atoms with Crippen molar-refractivity contribution >= 4 is 11.1 Å². The smallest absolute Gasteiger partial charge is 0.0998 e. The first-order valence-corrected chi connectivity index (χ1v) is 6.59. The lowest BCUT2D eigenvalue weighted by Gasteiger charge is -2.07. The van der Waals surface area contributed by atoms with Gasteiger partial charge in [0, 0.05) is 5.75 Å². The summed E-state index contributed by atoms with van der Waals surface area (Å²) in [6.07, 6.45) is 0. The third-order valence-electron chi connectivity index (χ3n) is 2.60. The van der Waals surface area contributed by atoms with E-state index in [2.05, 4.69) is 6.07 Å². The maximum Gasteiger partial charge on any atom is 0.0998 e. The third kappa shape index (κ3) is 2.83. The molecule has 0 aliphatic carbocycles. The fraction of sp³-hybridized carbons (Fsp3) is 0.0714. The van der Waals surface area contributed by atoms with E-state index in [0.717, 1.165) is 16.7 Å². The van der Waals surface area contributed by atoms with Gasteiger partial charge in [0.15, 0.2) is 0 Å². The van der Waals surface area contributed by atoms with Crippen LogP contribution in [0.1, 0.15) is 11.1 Å². The van der Waals surface area contributed by atoms with E-state index in [1.807, 2.05) is 30.3 Å². The van der Waals surface area contributed by atoms with E-state index in [9.17, 15) is 8.76 Å². The van der Waals surface area contributed by atoms with E-state index in [-0.39, 0.29) is 5.75 Å². The maximum absolute atomic E-state index is 10.6. The van der Waals surface area contributed by atoms with Gasteiger partial charge in [-0.25, -0.2) is 0 Å². The summed E-state index contributed by atoms with van der Waals surface area (Å²) in [6.45, 7) is 0. The van der Waals surface area contributed by atoms with Gasteiger partial charge in [-0.3, -0.25) is 4.21 Å². The Morgan fingerprint density at radius 2 is 1.78 bits per heavy atom. The molecule has 0 fully saturated rings. The van der Waals surface area contributed by atoms with Crippen LogP contribution in [0.5, 0.6) is 0 Å². The zero-order chi connectivity index (χ0) is 13.0. The van der Waals surface area contributed by atoms with Crippen molar-refractivity contribution < 1.29 is 8.76 Å². The lowest BCUT2D eigenvalue weighted by atomic mass is 10.00. The van der Waals surface area contributed by atoms with Crippen LogP contribution in [0.25, 0.3) is 11.1 Å². The number of benzene rings is 2. The predicted octanol–water partition coefficient (Wildman–Crippen LogP) is 2.60. The van der Waals surface area contributed by atoms with Gasteiger partial charge in [0.05, 0.1) is 11.6 Å². The van der Waals surface area contributed by atoms with E-state index in [4.69, 9.17) is 5.26 Å². The van der Waals surface area contributed by atoms with Crippen LogP contribution in [-0.2, 0) is 16.8 Å². The Balaban J connectivity index is 2.35. The molecule has 1 atom stereocenters. The van der Waals surface area contributed by atoms with Gasteiger partial charge in [0.25, 0.3) is 0 Å². The van der Waals surface area contributed by atoms with E-state index < -0.39 is 11.1 Å². The molecule has 3 nitrogen and oxygen atoms in total. The Hall–Kier alpha value is -1.96. The Labute approximate surface area is 108 Å². The minimum atomic E-state index is -2.08. The molecule has 0 bridgehead atoms. The van der Waals surface area contributed by atoms with Crippen LogP contribution in [0.15, 0.2) is 48.5 Å². The molecule has 0 N–H and O–H groups in total. The Bertz CT molecular complexity index is 614. The molecule has 18 heavy (non-hydrogen) atoms. The summed E-state index contributed by atoms with van der Waals surface area (Å²) >= 11 is -2.08. The molecule has 0 aliphatic rings. The fourth-order valence-electron chi connectivity index (χ4n) is 1.75. The van der Waals surface area contributed by atoms with E-state index in [1.54, 1.807) is 18.2 Å². The second-order valence-electron chi connectivity index (χ2n) is 3.80. The van der Waals surface area contributed by atoms with E-state index >= 15 is 0 Å². The molecule has 90 valence electrons. The summed E-state index contributed by atoms with van der Waals surface area (Å²) in [5, 5.41) is 9.02. The molecule has 0 radical (unpaired) electrons. The summed E-state index contributed by atoms with van der Waals surface area (Å²) in [5.41, 5.74) is 3.11. The van der Waals surface area contributed by atoms with Crippen molar-refractivity contribution in [2.24, 2.45) is 0 Å². The minimum Gasteiger partial charge on any atom is -0.772 e. The summed E-state index contributed by atoms with van der Waals surface area (Å²) in [7, 11) is 0. The molecule has 0 aliphatic heterocycles. The number of nitrogens with zero attached hydrogens (tertiary/aromatic N) is 1. The molecular formula is C14H10NO2S-. The Morgan fingerprint density at radius 1 is 1.11 bits per heavy atom. The van der Waals surface area contributed by atoms with Crippen molar-refractivity contribution in [1.29, 1.82) is 5.26 Å². The molecule has 2 rings (SSSR count). The van der Waals surface area contributed by atoms with Gasteiger partial charge in [-0.1, -0.05) is 53.5 Å². The quantitative estimate of drug-likeness (QED) is 0.793.